The van der Waals surface area contributed by atoms with E-state index in [9.17, 15) is 5.11 Å². The topological polar surface area (TPSA) is 23.5 Å². The van der Waals surface area contributed by atoms with E-state index in [4.69, 9.17) is 0 Å². The second-order valence-corrected chi connectivity index (χ2v) is 3.70. The van der Waals surface area contributed by atoms with Crippen LogP contribution in [0, 0.1) is 0 Å². The van der Waals surface area contributed by atoms with E-state index in [-0.39, 0.29) is 0 Å². The average molecular weight is 197 g/mol. The van der Waals surface area contributed by atoms with Crippen molar-refractivity contribution in [2.75, 3.05) is 0 Å². The van der Waals surface area contributed by atoms with Crippen LogP contribution in [-0.2, 0) is 0 Å². The fourth-order valence-electron chi connectivity index (χ4n) is 2.00. The Balaban J connectivity index is 2.18. The molecule has 2 nitrogen and oxygen atoms in total. The fraction of sp³-hybridized carbons (Fsp3) is 0.0769. The minimum Gasteiger partial charge on any atom is -0.508 e. The lowest BCUT2D eigenvalue weighted by Crippen LogP contribution is -2.14. The summed E-state index contributed by atoms with van der Waals surface area (Å²) in [5, 5.41) is 9.40. The third-order valence-corrected chi connectivity index (χ3v) is 2.72. The van der Waals surface area contributed by atoms with E-state index in [2.05, 4.69) is 23.3 Å². The Hall–Kier alpha value is -1.96. The molecule has 2 aliphatic rings. The molecule has 1 N–H and O–H groups in total. The van der Waals surface area contributed by atoms with Gasteiger partial charge in [-0.25, -0.2) is 0 Å². The number of fused-ring (bicyclic) bond motifs is 3. The molecule has 0 saturated carbocycles. The standard InChI is InChI=1S/C13H11NO/c15-11-4-5-12-10(9-11)6-8-14-7-2-1-3-13(12)14/h2-9,15H,1H2. The highest BCUT2D eigenvalue weighted by Crippen LogP contribution is 2.33. The summed E-state index contributed by atoms with van der Waals surface area (Å²) in [6, 6.07) is 5.49. The van der Waals surface area contributed by atoms with E-state index in [1.54, 1.807) is 12.1 Å². The van der Waals surface area contributed by atoms with E-state index in [1.807, 2.05) is 18.3 Å². The summed E-state index contributed by atoms with van der Waals surface area (Å²) in [5.41, 5.74) is 3.46. The molecule has 2 heteroatoms. The molecule has 0 aliphatic carbocycles. The number of allylic oxidation sites excluding steroid dienone is 2. The van der Waals surface area contributed by atoms with E-state index >= 15 is 0 Å². The van der Waals surface area contributed by atoms with Crippen molar-refractivity contribution in [2.45, 2.75) is 6.42 Å². The van der Waals surface area contributed by atoms with Crippen molar-refractivity contribution in [3.05, 3.63) is 53.9 Å². The summed E-state index contributed by atoms with van der Waals surface area (Å²) in [7, 11) is 0. The van der Waals surface area contributed by atoms with Crippen LogP contribution >= 0.6 is 0 Å². The van der Waals surface area contributed by atoms with Crippen molar-refractivity contribution in [2.24, 2.45) is 0 Å². The molecule has 0 aromatic heterocycles. The van der Waals surface area contributed by atoms with Crippen LogP contribution in [0.3, 0.4) is 0 Å². The number of hydrogen-bond donors (Lipinski definition) is 1. The first kappa shape index (κ1) is 8.36. The predicted octanol–water partition coefficient (Wildman–Crippen LogP) is 2.94. The Kier molecular flexibility index (Phi) is 1.68. The van der Waals surface area contributed by atoms with Crippen LogP contribution < -0.4 is 0 Å². The number of aromatic hydroxyl groups is 1. The molecule has 0 spiro atoms. The molecular formula is C13H11NO. The van der Waals surface area contributed by atoms with Crippen molar-refractivity contribution in [3.8, 4) is 5.75 Å². The maximum absolute atomic E-state index is 9.40. The summed E-state index contributed by atoms with van der Waals surface area (Å²) < 4.78 is 0. The maximum atomic E-state index is 9.40. The summed E-state index contributed by atoms with van der Waals surface area (Å²) in [6.07, 6.45) is 11.4. The highest BCUT2D eigenvalue weighted by molar-refractivity contribution is 5.79. The lowest BCUT2D eigenvalue weighted by atomic mass is 9.98. The van der Waals surface area contributed by atoms with Crippen molar-refractivity contribution >= 4 is 11.8 Å². The first-order valence-corrected chi connectivity index (χ1v) is 5.01. The molecule has 0 unspecified atom stereocenters. The molecular weight excluding hydrogens is 186 g/mol. The summed E-state index contributed by atoms with van der Waals surface area (Å²) >= 11 is 0. The molecule has 0 fully saturated rings. The van der Waals surface area contributed by atoms with Crippen LogP contribution in [0.15, 0.2) is 42.8 Å². The van der Waals surface area contributed by atoms with Crippen LogP contribution in [-0.4, -0.2) is 10.0 Å². The molecule has 0 bridgehead atoms. The Labute approximate surface area is 88.5 Å². The van der Waals surface area contributed by atoms with Crippen LogP contribution in [0.2, 0.25) is 0 Å². The molecule has 1 aromatic carbocycles. The number of benzene rings is 1. The Morgan fingerprint density at radius 3 is 3.07 bits per heavy atom. The first-order valence-electron chi connectivity index (χ1n) is 5.01. The zero-order valence-electron chi connectivity index (χ0n) is 8.22. The Morgan fingerprint density at radius 2 is 2.13 bits per heavy atom. The molecule has 0 amide bonds. The van der Waals surface area contributed by atoms with Crippen molar-refractivity contribution in [1.29, 1.82) is 0 Å². The molecule has 74 valence electrons. The summed E-state index contributed by atoms with van der Waals surface area (Å²) in [5.74, 6) is 0.318. The molecule has 0 radical (unpaired) electrons. The number of phenols is 1. The maximum Gasteiger partial charge on any atom is 0.116 e. The largest absolute Gasteiger partial charge is 0.508 e. The van der Waals surface area contributed by atoms with E-state index in [0.717, 1.165) is 12.0 Å². The van der Waals surface area contributed by atoms with Gasteiger partial charge in [0.15, 0.2) is 0 Å². The smallest absolute Gasteiger partial charge is 0.116 e. The molecule has 3 rings (SSSR count). The zero-order valence-corrected chi connectivity index (χ0v) is 8.22. The van der Waals surface area contributed by atoms with Gasteiger partial charge in [-0.05, 0) is 36.3 Å². The third kappa shape index (κ3) is 1.26. The SMILES string of the molecule is Oc1ccc2c(c1)C=CN1C=CCC=C21. The summed E-state index contributed by atoms with van der Waals surface area (Å²) in [6.45, 7) is 0. The van der Waals surface area contributed by atoms with Crippen molar-refractivity contribution in [1.82, 2.24) is 4.90 Å². The van der Waals surface area contributed by atoms with Gasteiger partial charge in [-0.15, -0.1) is 0 Å². The monoisotopic (exact) mass is 197 g/mol. The van der Waals surface area contributed by atoms with Crippen molar-refractivity contribution in [3.63, 3.8) is 0 Å². The Bertz CT molecular complexity index is 497. The van der Waals surface area contributed by atoms with Crippen LogP contribution in [0.25, 0.3) is 11.8 Å². The molecule has 0 atom stereocenters. The molecule has 0 saturated heterocycles. The minimum atomic E-state index is 0.318. The van der Waals surface area contributed by atoms with E-state index in [1.165, 1.54) is 11.3 Å². The van der Waals surface area contributed by atoms with E-state index < -0.39 is 0 Å². The minimum absolute atomic E-state index is 0.318. The van der Waals surface area contributed by atoms with Gasteiger partial charge in [0.25, 0.3) is 0 Å². The molecule has 2 aliphatic heterocycles. The average Bonchev–Trinajstić information content (AvgIpc) is 2.28. The second-order valence-electron chi connectivity index (χ2n) is 3.70. The lowest BCUT2D eigenvalue weighted by Gasteiger charge is -2.27. The molecule has 15 heavy (non-hydrogen) atoms. The van der Waals surface area contributed by atoms with Gasteiger partial charge in [-0.3, -0.25) is 0 Å². The molecule has 2 heterocycles. The number of hydrogen-bond acceptors (Lipinski definition) is 2. The van der Waals surface area contributed by atoms with Gasteiger partial charge in [-0.2, -0.15) is 0 Å². The second kappa shape index (κ2) is 3.02. The van der Waals surface area contributed by atoms with E-state index in [0.29, 0.717) is 5.75 Å². The number of nitrogens with zero attached hydrogens (tertiary/aromatic N) is 1. The highest BCUT2D eigenvalue weighted by atomic mass is 16.3. The lowest BCUT2D eigenvalue weighted by molar-refractivity contribution is 0.475. The van der Waals surface area contributed by atoms with Gasteiger partial charge < -0.3 is 10.0 Å². The van der Waals surface area contributed by atoms with Crippen LogP contribution in [0.1, 0.15) is 17.5 Å². The van der Waals surface area contributed by atoms with Gasteiger partial charge in [0, 0.05) is 23.7 Å². The quantitative estimate of drug-likeness (QED) is 0.691. The van der Waals surface area contributed by atoms with Crippen LogP contribution in [0.5, 0.6) is 5.75 Å². The third-order valence-electron chi connectivity index (χ3n) is 2.72. The van der Waals surface area contributed by atoms with Crippen molar-refractivity contribution < 1.29 is 5.11 Å². The number of rotatable bonds is 0. The predicted molar refractivity (Wildman–Crippen MR) is 60.7 cm³/mol. The number of phenolic OH excluding ortho intramolecular Hbond substituents is 1. The first-order chi connectivity index (χ1) is 7.34. The highest BCUT2D eigenvalue weighted by Gasteiger charge is 2.16. The van der Waals surface area contributed by atoms with Gasteiger partial charge >= 0.3 is 0 Å². The Morgan fingerprint density at radius 1 is 1.20 bits per heavy atom. The molecule has 1 aromatic rings. The van der Waals surface area contributed by atoms with Gasteiger partial charge in [-0.1, -0.05) is 12.2 Å². The van der Waals surface area contributed by atoms with Gasteiger partial charge in [0.05, 0.1) is 0 Å². The van der Waals surface area contributed by atoms with Gasteiger partial charge in [0.1, 0.15) is 5.75 Å². The van der Waals surface area contributed by atoms with Crippen LogP contribution in [0.4, 0.5) is 0 Å². The fourth-order valence-corrected chi connectivity index (χ4v) is 2.00. The normalized spacial score (nSPS) is 17.1. The van der Waals surface area contributed by atoms with Gasteiger partial charge in [0.2, 0.25) is 0 Å². The summed E-state index contributed by atoms with van der Waals surface area (Å²) in [4.78, 5) is 2.10. The zero-order chi connectivity index (χ0) is 10.3.